The average Bonchev–Trinajstić information content (AvgIpc) is 3.22. The highest BCUT2D eigenvalue weighted by Gasteiger charge is 2.27. The fourth-order valence-corrected chi connectivity index (χ4v) is 6.06. The highest BCUT2D eigenvalue weighted by atomic mass is 35.5. The lowest BCUT2D eigenvalue weighted by molar-refractivity contribution is 0.0841. The molecule has 2 heterocycles. The van der Waals surface area contributed by atoms with Crippen LogP contribution in [0.3, 0.4) is 0 Å². The van der Waals surface area contributed by atoms with E-state index < -0.39 is 8.07 Å². The molecule has 0 spiro atoms. The average molecular weight is 524 g/mol. The van der Waals surface area contributed by atoms with Crippen LogP contribution in [-0.4, -0.2) is 37.3 Å². The van der Waals surface area contributed by atoms with E-state index in [1.807, 2.05) is 6.33 Å². The molecule has 0 saturated carbocycles. The van der Waals surface area contributed by atoms with Crippen LogP contribution in [0.1, 0.15) is 46.8 Å². The van der Waals surface area contributed by atoms with Crippen molar-refractivity contribution in [3.05, 3.63) is 70.8 Å². The summed E-state index contributed by atoms with van der Waals surface area (Å²) in [6.07, 6.45) is 4.19. The molecule has 3 aromatic rings. The molecule has 194 valence electrons. The number of anilines is 1. The van der Waals surface area contributed by atoms with Gasteiger partial charge >= 0.3 is 0 Å². The zero-order valence-corrected chi connectivity index (χ0v) is 24.7. The number of benzene rings is 2. The predicted molar refractivity (Wildman–Crippen MR) is 156 cm³/mol. The second-order valence-corrected chi connectivity index (χ2v) is 17.5. The fraction of sp³-hybridized carbons (Fsp3) is 0.500. The Bertz CT molecular complexity index is 1180. The van der Waals surface area contributed by atoms with Crippen molar-refractivity contribution < 1.29 is 4.74 Å². The van der Waals surface area contributed by atoms with Gasteiger partial charge in [0, 0.05) is 56.5 Å². The van der Waals surface area contributed by atoms with Gasteiger partial charge in [-0.25, -0.2) is 4.98 Å². The molecule has 0 aliphatic carbocycles. The topological polar surface area (TPSA) is 30.3 Å². The zero-order valence-electron chi connectivity index (χ0n) is 22.9. The van der Waals surface area contributed by atoms with Gasteiger partial charge in [-0.15, -0.1) is 11.6 Å². The van der Waals surface area contributed by atoms with Crippen molar-refractivity contribution in [1.29, 1.82) is 0 Å². The molecule has 0 N–H and O–H groups in total. The normalized spacial score (nSPS) is 15.0. The number of halogens is 1. The molecule has 36 heavy (non-hydrogen) atoms. The minimum atomic E-state index is -1.08. The predicted octanol–water partition coefficient (Wildman–Crippen LogP) is 7.91. The maximum Gasteiger partial charge on any atom is 0.124 e. The quantitative estimate of drug-likeness (QED) is 0.162. The van der Waals surface area contributed by atoms with E-state index in [0.29, 0.717) is 18.5 Å². The lowest BCUT2D eigenvalue weighted by atomic mass is 9.90. The second kappa shape index (κ2) is 11.5. The molecule has 1 aliphatic rings. The lowest BCUT2D eigenvalue weighted by Gasteiger charge is -2.35. The number of imidazole rings is 1. The van der Waals surface area contributed by atoms with Crippen LogP contribution in [0.25, 0.3) is 11.1 Å². The highest BCUT2D eigenvalue weighted by molar-refractivity contribution is 6.76. The van der Waals surface area contributed by atoms with Gasteiger partial charge in [0.25, 0.3) is 0 Å². The van der Waals surface area contributed by atoms with E-state index in [0.717, 1.165) is 38.2 Å². The lowest BCUT2D eigenvalue weighted by Crippen LogP contribution is -2.34. The van der Waals surface area contributed by atoms with Gasteiger partial charge in [-0.2, -0.15) is 0 Å². The summed E-state index contributed by atoms with van der Waals surface area (Å²) in [5, 5.41) is 0. The molecule has 1 fully saturated rings. The molecule has 0 radical (unpaired) electrons. The first-order valence-electron chi connectivity index (χ1n) is 13.3. The van der Waals surface area contributed by atoms with Crippen LogP contribution in [0, 0.1) is 20.8 Å². The number of nitrogens with zero attached hydrogens (tertiary/aromatic N) is 3. The summed E-state index contributed by atoms with van der Waals surface area (Å²) in [5.74, 6) is 1.04. The Morgan fingerprint density at radius 2 is 1.75 bits per heavy atom. The molecule has 1 aromatic heterocycles. The Balaban J connectivity index is 1.49. The van der Waals surface area contributed by atoms with Gasteiger partial charge in [-0.05, 0) is 68.0 Å². The summed E-state index contributed by atoms with van der Waals surface area (Å²) in [6.45, 7) is 17.2. The maximum atomic E-state index is 6.25. The molecule has 0 unspecified atom stereocenters. The monoisotopic (exact) mass is 523 g/mol. The molecule has 0 bridgehead atoms. The van der Waals surface area contributed by atoms with Crippen LogP contribution in [0.5, 0.6) is 0 Å². The Morgan fingerprint density at radius 1 is 1.00 bits per heavy atom. The molecule has 0 amide bonds. The number of piperidine rings is 1. The second-order valence-electron chi connectivity index (χ2n) is 11.6. The van der Waals surface area contributed by atoms with Crippen molar-refractivity contribution in [3.63, 3.8) is 0 Å². The smallest absolute Gasteiger partial charge is 0.124 e. The van der Waals surface area contributed by atoms with Crippen LogP contribution in [0.4, 0.5) is 5.69 Å². The Morgan fingerprint density at radius 3 is 2.42 bits per heavy atom. The van der Waals surface area contributed by atoms with Crippen LogP contribution in [-0.2, 0) is 17.3 Å². The molecule has 4 rings (SSSR count). The summed E-state index contributed by atoms with van der Waals surface area (Å²) in [4.78, 5) is 7.20. The largest absolute Gasteiger partial charge is 0.371 e. The Kier molecular flexibility index (Phi) is 8.64. The van der Waals surface area contributed by atoms with Crippen LogP contribution in [0.2, 0.25) is 25.7 Å². The SMILES string of the molecule is Cc1ccc(-c2ccc(CCl)cc2N2CCC(c3c(C)ncn3COCC[Si](C)(C)C)CC2)cc1C. The first-order chi connectivity index (χ1) is 17.2. The molecular formula is C30H42ClN3OSi. The van der Waals surface area contributed by atoms with Gasteiger partial charge in [0.05, 0.1) is 12.0 Å². The number of ether oxygens (including phenoxy) is 1. The third kappa shape index (κ3) is 6.42. The van der Waals surface area contributed by atoms with Gasteiger partial charge in [-0.3, -0.25) is 0 Å². The van der Waals surface area contributed by atoms with Gasteiger partial charge < -0.3 is 14.2 Å². The summed E-state index contributed by atoms with van der Waals surface area (Å²) in [7, 11) is -1.08. The molecule has 0 atom stereocenters. The van der Waals surface area contributed by atoms with E-state index in [1.54, 1.807) is 0 Å². The van der Waals surface area contributed by atoms with Gasteiger partial charge in [-0.1, -0.05) is 50.0 Å². The molecule has 2 aromatic carbocycles. The third-order valence-electron chi connectivity index (χ3n) is 7.55. The number of hydrogen-bond donors (Lipinski definition) is 0. The zero-order chi connectivity index (χ0) is 25.9. The molecular weight excluding hydrogens is 482 g/mol. The van der Waals surface area contributed by atoms with Crippen molar-refractivity contribution in [2.24, 2.45) is 0 Å². The molecule has 1 aliphatic heterocycles. The standard InChI is InChI=1S/C30H42ClN3OSi/c1-22-7-9-27(17-23(22)2)28-10-8-25(19-31)18-29(28)33-13-11-26(12-14-33)30-24(3)32-20-34(30)21-35-15-16-36(4,5)6/h7-10,17-18,20,26H,11-16,19,21H2,1-6H3. The van der Waals surface area contributed by atoms with Crippen molar-refractivity contribution in [1.82, 2.24) is 9.55 Å². The van der Waals surface area contributed by atoms with E-state index in [-0.39, 0.29) is 0 Å². The summed E-state index contributed by atoms with van der Waals surface area (Å²) in [6, 6.07) is 14.7. The number of aryl methyl sites for hydroxylation is 3. The summed E-state index contributed by atoms with van der Waals surface area (Å²) >= 11 is 6.25. The molecule has 6 heteroatoms. The van der Waals surface area contributed by atoms with Gasteiger partial charge in [0.15, 0.2) is 0 Å². The fourth-order valence-electron chi connectivity index (χ4n) is 5.14. The van der Waals surface area contributed by atoms with Crippen LogP contribution >= 0.6 is 11.6 Å². The summed E-state index contributed by atoms with van der Waals surface area (Å²) in [5.41, 5.74) is 10.2. The number of hydrogen-bond acceptors (Lipinski definition) is 3. The van der Waals surface area contributed by atoms with Crippen LogP contribution in [0.15, 0.2) is 42.7 Å². The van der Waals surface area contributed by atoms with E-state index in [9.17, 15) is 0 Å². The van der Waals surface area contributed by atoms with E-state index in [1.165, 1.54) is 45.2 Å². The van der Waals surface area contributed by atoms with E-state index in [2.05, 4.69) is 91.3 Å². The first kappa shape index (κ1) is 27.0. The number of aromatic nitrogens is 2. The number of alkyl halides is 1. The van der Waals surface area contributed by atoms with E-state index >= 15 is 0 Å². The third-order valence-corrected chi connectivity index (χ3v) is 9.57. The first-order valence-corrected chi connectivity index (χ1v) is 17.5. The van der Waals surface area contributed by atoms with Crippen molar-refractivity contribution in [2.45, 2.75) is 77.8 Å². The molecule has 4 nitrogen and oxygen atoms in total. The van der Waals surface area contributed by atoms with Crippen molar-refractivity contribution >= 4 is 25.4 Å². The maximum absolute atomic E-state index is 6.25. The van der Waals surface area contributed by atoms with Crippen LogP contribution < -0.4 is 4.90 Å². The number of rotatable bonds is 9. The van der Waals surface area contributed by atoms with Crippen molar-refractivity contribution in [3.8, 4) is 11.1 Å². The summed E-state index contributed by atoms with van der Waals surface area (Å²) < 4.78 is 8.32. The van der Waals surface area contributed by atoms with Crippen molar-refractivity contribution in [2.75, 3.05) is 24.6 Å². The van der Waals surface area contributed by atoms with Gasteiger partial charge in [0.1, 0.15) is 6.73 Å². The Hall–Kier alpha value is -2.08. The Labute approximate surface area is 223 Å². The van der Waals surface area contributed by atoms with E-state index in [4.69, 9.17) is 16.3 Å². The van der Waals surface area contributed by atoms with Gasteiger partial charge in [0.2, 0.25) is 0 Å². The highest BCUT2D eigenvalue weighted by Crippen LogP contribution is 2.38. The minimum Gasteiger partial charge on any atom is -0.371 e. The molecule has 1 saturated heterocycles. The minimum absolute atomic E-state index is 0.505.